The number of hydrogen-bond donors (Lipinski definition) is 0. The molecule has 2 heterocycles. The minimum atomic E-state index is -0.141. The Morgan fingerprint density at radius 2 is 1.92 bits per heavy atom. The number of fused-ring (bicyclic) bond motifs is 1. The molecule has 3 aromatic rings. The van der Waals surface area contributed by atoms with E-state index >= 15 is 0 Å². The Labute approximate surface area is 152 Å². The average molecular weight is 353 g/mol. The molecule has 0 N–H and O–H groups in total. The van der Waals surface area contributed by atoms with Crippen molar-refractivity contribution in [3.8, 4) is 16.9 Å². The number of ether oxygens (including phenoxy) is 2. The Morgan fingerprint density at radius 3 is 2.58 bits per heavy atom. The van der Waals surface area contributed by atoms with Crippen molar-refractivity contribution >= 4 is 11.2 Å². The number of hydrogen-bond acceptors (Lipinski definition) is 5. The lowest BCUT2D eigenvalue weighted by atomic mass is 10.00. The molecule has 0 aliphatic carbocycles. The van der Waals surface area contributed by atoms with E-state index in [0.29, 0.717) is 23.4 Å². The standard InChI is InChI=1S/C20H23N3O3/c1-12-10-15(26-5)6-7-16(12)17-8-9-21-19-18(17)22-14(3)20(24)23(19)11-13(2)25-4/h6-10,13H,11H2,1-5H3. The van der Waals surface area contributed by atoms with Crippen molar-refractivity contribution in [2.75, 3.05) is 14.2 Å². The summed E-state index contributed by atoms with van der Waals surface area (Å²) in [6.07, 6.45) is 1.61. The first kappa shape index (κ1) is 18.1. The fourth-order valence-corrected chi connectivity index (χ4v) is 3.04. The Bertz CT molecular complexity index is 1010. The molecule has 0 spiro atoms. The molecule has 1 aromatic carbocycles. The molecule has 0 fully saturated rings. The summed E-state index contributed by atoms with van der Waals surface area (Å²) in [7, 11) is 3.28. The van der Waals surface area contributed by atoms with E-state index in [4.69, 9.17) is 9.47 Å². The van der Waals surface area contributed by atoms with Crippen LogP contribution in [0.25, 0.3) is 22.3 Å². The van der Waals surface area contributed by atoms with Crippen LogP contribution in [-0.4, -0.2) is 34.9 Å². The monoisotopic (exact) mass is 353 g/mol. The molecule has 0 saturated carbocycles. The van der Waals surface area contributed by atoms with Crippen molar-refractivity contribution in [2.24, 2.45) is 0 Å². The van der Waals surface area contributed by atoms with Gasteiger partial charge in [0.1, 0.15) is 17.0 Å². The first-order chi connectivity index (χ1) is 12.5. The van der Waals surface area contributed by atoms with E-state index < -0.39 is 0 Å². The fourth-order valence-electron chi connectivity index (χ4n) is 3.04. The topological polar surface area (TPSA) is 66.2 Å². The Morgan fingerprint density at radius 1 is 1.15 bits per heavy atom. The number of rotatable bonds is 5. The van der Waals surface area contributed by atoms with E-state index in [1.165, 1.54) is 0 Å². The minimum Gasteiger partial charge on any atom is -0.497 e. The highest BCUT2D eigenvalue weighted by molar-refractivity contribution is 5.90. The van der Waals surface area contributed by atoms with Crippen LogP contribution >= 0.6 is 0 Å². The molecule has 0 amide bonds. The van der Waals surface area contributed by atoms with Crippen LogP contribution in [0.3, 0.4) is 0 Å². The molecule has 136 valence electrons. The van der Waals surface area contributed by atoms with Crippen LogP contribution in [0, 0.1) is 13.8 Å². The molecule has 26 heavy (non-hydrogen) atoms. The van der Waals surface area contributed by atoms with Crippen molar-refractivity contribution in [3.05, 3.63) is 52.1 Å². The number of nitrogens with zero attached hydrogens (tertiary/aromatic N) is 3. The third-order valence-corrected chi connectivity index (χ3v) is 4.56. The van der Waals surface area contributed by atoms with Gasteiger partial charge in [-0.25, -0.2) is 9.97 Å². The quantitative estimate of drug-likeness (QED) is 0.705. The average Bonchev–Trinajstić information content (AvgIpc) is 2.64. The molecule has 3 rings (SSSR count). The fraction of sp³-hybridized carbons (Fsp3) is 0.350. The Balaban J connectivity index is 2.28. The summed E-state index contributed by atoms with van der Waals surface area (Å²) in [6.45, 7) is 6.10. The zero-order chi connectivity index (χ0) is 18.8. The van der Waals surface area contributed by atoms with Crippen LogP contribution in [0.2, 0.25) is 0 Å². The molecule has 0 aliphatic rings. The van der Waals surface area contributed by atoms with Gasteiger partial charge in [0.05, 0.1) is 19.8 Å². The maximum Gasteiger partial charge on any atom is 0.273 e. The molecule has 0 aliphatic heterocycles. The second kappa shape index (κ2) is 7.25. The van der Waals surface area contributed by atoms with E-state index in [9.17, 15) is 4.79 Å². The smallest absolute Gasteiger partial charge is 0.273 e. The zero-order valence-electron chi connectivity index (χ0n) is 15.7. The van der Waals surface area contributed by atoms with Crippen LogP contribution in [0.15, 0.2) is 35.3 Å². The highest BCUT2D eigenvalue weighted by Gasteiger charge is 2.16. The van der Waals surface area contributed by atoms with Crippen molar-refractivity contribution in [3.63, 3.8) is 0 Å². The molecule has 0 bridgehead atoms. The molecule has 0 saturated heterocycles. The first-order valence-corrected chi connectivity index (χ1v) is 8.50. The maximum absolute atomic E-state index is 12.6. The largest absolute Gasteiger partial charge is 0.497 e. The van der Waals surface area contributed by atoms with Gasteiger partial charge in [0, 0.05) is 18.9 Å². The van der Waals surface area contributed by atoms with Crippen LogP contribution in [0.4, 0.5) is 0 Å². The summed E-state index contributed by atoms with van der Waals surface area (Å²) in [5.74, 6) is 0.805. The third kappa shape index (κ3) is 3.20. The molecular formula is C20H23N3O3. The SMILES string of the molecule is COc1ccc(-c2ccnc3c2nc(C)c(=O)n3CC(C)OC)c(C)c1. The van der Waals surface area contributed by atoms with E-state index in [1.54, 1.807) is 31.9 Å². The highest BCUT2D eigenvalue weighted by atomic mass is 16.5. The molecular weight excluding hydrogens is 330 g/mol. The molecule has 1 unspecified atom stereocenters. The lowest BCUT2D eigenvalue weighted by Gasteiger charge is -2.16. The summed E-state index contributed by atoms with van der Waals surface area (Å²) in [5.41, 5.74) is 4.63. The van der Waals surface area contributed by atoms with Gasteiger partial charge in [0.15, 0.2) is 5.65 Å². The van der Waals surface area contributed by atoms with Crippen LogP contribution in [0.5, 0.6) is 5.75 Å². The molecule has 6 heteroatoms. The second-order valence-electron chi connectivity index (χ2n) is 6.37. The van der Waals surface area contributed by atoms with Gasteiger partial charge in [-0.1, -0.05) is 6.07 Å². The summed E-state index contributed by atoms with van der Waals surface area (Å²) >= 11 is 0. The van der Waals surface area contributed by atoms with Crippen LogP contribution < -0.4 is 10.3 Å². The van der Waals surface area contributed by atoms with E-state index in [-0.39, 0.29) is 11.7 Å². The van der Waals surface area contributed by atoms with Gasteiger partial charge in [-0.05, 0) is 50.1 Å². The Kier molecular flexibility index (Phi) is 5.04. The minimum absolute atomic E-state index is 0.106. The maximum atomic E-state index is 12.6. The predicted octanol–water partition coefficient (Wildman–Crippen LogP) is 3.12. The van der Waals surface area contributed by atoms with E-state index in [0.717, 1.165) is 22.4 Å². The summed E-state index contributed by atoms with van der Waals surface area (Å²) in [6, 6.07) is 7.84. The van der Waals surface area contributed by atoms with Crippen molar-refractivity contribution < 1.29 is 9.47 Å². The van der Waals surface area contributed by atoms with Crippen LogP contribution in [-0.2, 0) is 11.3 Å². The van der Waals surface area contributed by atoms with Crippen LogP contribution in [0.1, 0.15) is 18.2 Å². The van der Waals surface area contributed by atoms with E-state index in [1.807, 2.05) is 38.1 Å². The predicted molar refractivity (Wildman–Crippen MR) is 102 cm³/mol. The molecule has 6 nitrogen and oxygen atoms in total. The van der Waals surface area contributed by atoms with Gasteiger partial charge in [-0.15, -0.1) is 0 Å². The number of methoxy groups -OCH3 is 2. The molecule has 2 aromatic heterocycles. The summed E-state index contributed by atoms with van der Waals surface area (Å²) < 4.78 is 12.3. The van der Waals surface area contributed by atoms with Gasteiger partial charge in [-0.2, -0.15) is 0 Å². The van der Waals surface area contributed by atoms with Gasteiger partial charge in [0.2, 0.25) is 0 Å². The number of aryl methyl sites for hydroxylation is 2. The summed E-state index contributed by atoms with van der Waals surface area (Å²) in [4.78, 5) is 21.6. The van der Waals surface area contributed by atoms with Gasteiger partial charge in [-0.3, -0.25) is 9.36 Å². The lowest BCUT2D eigenvalue weighted by Crippen LogP contribution is -2.29. The van der Waals surface area contributed by atoms with Gasteiger partial charge >= 0.3 is 0 Å². The highest BCUT2D eigenvalue weighted by Crippen LogP contribution is 2.30. The van der Waals surface area contributed by atoms with Crippen molar-refractivity contribution in [1.29, 1.82) is 0 Å². The Hall–Kier alpha value is -2.73. The normalized spacial score (nSPS) is 12.3. The first-order valence-electron chi connectivity index (χ1n) is 8.50. The number of aromatic nitrogens is 3. The van der Waals surface area contributed by atoms with Crippen molar-refractivity contribution in [1.82, 2.24) is 14.5 Å². The van der Waals surface area contributed by atoms with Gasteiger partial charge in [0.25, 0.3) is 5.56 Å². The number of benzene rings is 1. The zero-order valence-corrected chi connectivity index (χ0v) is 15.7. The van der Waals surface area contributed by atoms with Gasteiger partial charge < -0.3 is 9.47 Å². The number of pyridine rings is 1. The third-order valence-electron chi connectivity index (χ3n) is 4.56. The summed E-state index contributed by atoms with van der Waals surface area (Å²) in [5, 5.41) is 0. The molecule has 1 atom stereocenters. The van der Waals surface area contributed by atoms with E-state index in [2.05, 4.69) is 9.97 Å². The molecule has 0 radical (unpaired) electrons. The second-order valence-corrected chi connectivity index (χ2v) is 6.37. The lowest BCUT2D eigenvalue weighted by molar-refractivity contribution is 0.103. The van der Waals surface area contributed by atoms with Crippen molar-refractivity contribution in [2.45, 2.75) is 33.4 Å².